The number of terminal acetylenes is 1. The van der Waals surface area contributed by atoms with Crippen molar-refractivity contribution in [2.45, 2.75) is 48.1 Å². The van der Waals surface area contributed by atoms with Gasteiger partial charge < -0.3 is 0 Å². The van der Waals surface area contributed by atoms with Crippen LogP contribution in [0.15, 0.2) is 0 Å². The van der Waals surface area contributed by atoms with Gasteiger partial charge in [-0.3, -0.25) is 0 Å². The molecule has 0 saturated heterocycles. The molecule has 0 aliphatic heterocycles. The normalized spacial score (nSPS) is 34.6. The molecule has 0 amide bonds. The summed E-state index contributed by atoms with van der Waals surface area (Å²) in [6.07, 6.45) is 6.72. The number of aliphatic hydroxyl groups excluding tert-OH is 2. The molecule has 3 nitrogen and oxygen atoms in total. The second-order valence-corrected chi connectivity index (χ2v) is 5.84. The van der Waals surface area contributed by atoms with E-state index in [-0.39, 0.29) is 6.10 Å². The zero-order chi connectivity index (χ0) is 12.0. The number of hydrogen-bond acceptors (Lipinski definition) is 3. The molecule has 2 N–H and O–H groups in total. The van der Waals surface area contributed by atoms with E-state index in [2.05, 4.69) is 5.92 Å². The monoisotopic (exact) mass is 420 g/mol. The molecule has 4 atom stereocenters. The third kappa shape index (κ3) is 4.31. The Balaban J connectivity index is 2.43. The van der Waals surface area contributed by atoms with Gasteiger partial charge in [0.05, 0.1) is 0 Å². The molecule has 1 aliphatic rings. The van der Waals surface area contributed by atoms with E-state index in [9.17, 15) is 10.2 Å². The third-order valence-corrected chi connectivity index (χ3v) is 3.94. The predicted molar refractivity (Wildman–Crippen MR) is 63.1 cm³/mol. The minimum atomic E-state index is -0.752. The molecule has 0 bridgehead atoms. The number of ether oxygens (including phenoxy) is 1. The zero-order valence-electron chi connectivity index (χ0n) is 9.34. The molecule has 0 aromatic carbocycles. The topological polar surface area (TPSA) is 49.7 Å². The van der Waals surface area contributed by atoms with Gasteiger partial charge in [-0.05, 0) is 0 Å². The van der Waals surface area contributed by atoms with Crippen LogP contribution in [-0.2, 0) is 4.74 Å². The molecular formula is C12H19O3Po. The summed E-state index contributed by atoms with van der Waals surface area (Å²) in [6.45, 7) is 0.467. The van der Waals surface area contributed by atoms with E-state index in [0.717, 1.165) is 12.8 Å². The first-order valence-electron chi connectivity index (χ1n) is 5.68. The van der Waals surface area contributed by atoms with Crippen molar-refractivity contribution in [2.75, 3.05) is 6.61 Å². The Morgan fingerprint density at radius 2 is 2.12 bits per heavy atom. The molecule has 0 heterocycles. The van der Waals surface area contributed by atoms with Gasteiger partial charge in [0.15, 0.2) is 0 Å². The summed E-state index contributed by atoms with van der Waals surface area (Å²) >= 11 is 1.57. The molecule has 1 fully saturated rings. The predicted octanol–water partition coefficient (Wildman–Crippen LogP) is 0.504. The molecule has 0 unspecified atom stereocenters. The van der Waals surface area contributed by atoms with Gasteiger partial charge in [0.2, 0.25) is 0 Å². The van der Waals surface area contributed by atoms with Crippen molar-refractivity contribution in [3.05, 3.63) is 0 Å². The first-order valence-corrected chi connectivity index (χ1v) is 7.92. The third-order valence-electron chi connectivity index (χ3n) is 3.02. The van der Waals surface area contributed by atoms with Gasteiger partial charge in [-0.1, -0.05) is 0 Å². The van der Waals surface area contributed by atoms with Crippen molar-refractivity contribution in [3.8, 4) is 12.3 Å². The maximum absolute atomic E-state index is 9.80. The number of aliphatic hydroxyl groups is 2. The van der Waals surface area contributed by atoms with Crippen LogP contribution in [0.5, 0.6) is 0 Å². The van der Waals surface area contributed by atoms with Crippen LogP contribution in [0.3, 0.4) is 0 Å². The summed E-state index contributed by atoms with van der Waals surface area (Å²) in [7, 11) is 0. The molecule has 1 aliphatic carbocycles. The van der Waals surface area contributed by atoms with E-state index in [0.29, 0.717) is 25.4 Å². The van der Waals surface area contributed by atoms with E-state index < -0.39 is 12.2 Å². The Kier molecular flexibility index (Phi) is 6.86. The van der Waals surface area contributed by atoms with Crippen LogP contribution in [0.25, 0.3) is 0 Å². The van der Waals surface area contributed by atoms with Crippen LogP contribution in [0.1, 0.15) is 25.7 Å². The Hall–Kier alpha value is 0.336. The fourth-order valence-electron chi connectivity index (χ4n) is 2.13. The molecule has 1 rings (SSSR count). The van der Waals surface area contributed by atoms with Crippen molar-refractivity contribution in [2.24, 2.45) is 5.92 Å². The Morgan fingerprint density at radius 1 is 1.38 bits per heavy atom. The summed E-state index contributed by atoms with van der Waals surface area (Å²) in [4.78, 5) is 0. The van der Waals surface area contributed by atoms with E-state index in [1.54, 1.807) is 25.1 Å². The zero-order valence-corrected chi connectivity index (χ0v) is 12.5. The maximum atomic E-state index is 9.80. The fourth-order valence-corrected chi connectivity index (χ4v) is 3.43. The standard InChI is InChI=1S/C12H19O3.Po/c1-3-5-6-15-11-8-9(4-2)7-10(13)12(11)14;/h1,9-14H,2,4-8H2;/t9-,10+,11+,12+;/m1./s1. The summed E-state index contributed by atoms with van der Waals surface area (Å²) in [5, 5.41) is 19.5. The summed E-state index contributed by atoms with van der Waals surface area (Å²) in [6, 6.07) is 0. The molecular weight excluding hydrogens is 401 g/mol. The molecule has 0 spiro atoms. The van der Waals surface area contributed by atoms with Crippen LogP contribution >= 0.6 is 0 Å². The average molecular weight is 420 g/mol. The SMILES string of the molecule is C#CCCO[C@H]1C[C@H](C[CH2][Po])C[C@H](O)[C@@H]1O. The van der Waals surface area contributed by atoms with Gasteiger partial charge in [0.1, 0.15) is 0 Å². The Bertz CT molecular complexity index is 239. The second-order valence-electron chi connectivity index (χ2n) is 4.25. The van der Waals surface area contributed by atoms with E-state index in [4.69, 9.17) is 11.2 Å². The molecule has 4 heteroatoms. The molecule has 16 heavy (non-hydrogen) atoms. The fraction of sp³-hybridized carbons (Fsp3) is 0.833. The molecule has 1 radical (unpaired) electrons. The first-order chi connectivity index (χ1) is 7.69. The number of rotatable bonds is 5. The first kappa shape index (κ1) is 14.4. The van der Waals surface area contributed by atoms with E-state index in [1.807, 2.05) is 0 Å². The van der Waals surface area contributed by atoms with Gasteiger partial charge in [-0.2, -0.15) is 0 Å². The van der Waals surface area contributed by atoms with Crippen molar-refractivity contribution >= 4 is 25.1 Å². The van der Waals surface area contributed by atoms with Crippen molar-refractivity contribution in [1.29, 1.82) is 0 Å². The average Bonchev–Trinajstić information content (AvgIpc) is 2.25. The summed E-state index contributed by atoms with van der Waals surface area (Å²) < 4.78 is 6.72. The van der Waals surface area contributed by atoms with E-state index >= 15 is 0 Å². The molecule has 1 saturated carbocycles. The minimum absolute atomic E-state index is 0.247. The van der Waals surface area contributed by atoms with Crippen molar-refractivity contribution in [1.82, 2.24) is 0 Å². The van der Waals surface area contributed by atoms with Crippen LogP contribution in [0, 0.1) is 18.3 Å². The molecule has 0 aromatic heterocycles. The van der Waals surface area contributed by atoms with Gasteiger partial charge in [-0.25, -0.2) is 0 Å². The van der Waals surface area contributed by atoms with Crippen LogP contribution in [0.4, 0.5) is 0 Å². The van der Waals surface area contributed by atoms with Crippen LogP contribution in [-0.4, -0.2) is 60.2 Å². The van der Waals surface area contributed by atoms with Gasteiger partial charge in [-0.15, -0.1) is 0 Å². The molecule has 91 valence electrons. The van der Waals surface area contributed by atoms with Crippen LogP contribution < -0.4 is 0 Å². The quantitative estimate of drug-likeness (QED) is 0.504. The van der Waals surface area contributed by atoms with Gasteiger partial charge in [0, 0.05) is 0 Å². The Labute approximate surface area is 113 Å². The van der Waals surface area contributed by atoms with Gasteiger partial charge in [0.25, 0.3) is 0 Å². The van der Waals surface area contributed by atoms with Crippen molar-refractivity contribution in [3.63, 3.8) is 0 Å². The molecule has 0 aromatic rings. The summed E-state index contributed by atoms with van der Waals surface area (Å²) in [5.41, 5.74) is 0. The van der Waals surface area contributed by atoms with Crippen LogP contribution in [0.2, 0.25) is 4.08 Å². The Morgan fingerprint density at radius 3 is 2.75 bits per heavy atom. The summed E-state index contributed by atoms with van der Waals surface area (Å²) in [5.74, 6) is 2.98. The van der Waals surface area contributed by atoms with Gasteiger partial charge >= 0.3 is 113 Å². The second kappa shape index (κ2) is 7.62. The number of hydrogen-bond donors (Lipinski definition) is 2. The van der Waals surface area contributed by atoms with Crippen molar-refractivity contribution < 1.29 is 14.9 Å². The van der Waals surface area contributed by atoms with E-state index in [1.165, 1.54) is 4.08 Å².